The molecular weight excluding hydrogens is 328 g/mol. The topological polar surface area (TPSA) is 83.6 Å². The molecule has 136 valence electrons. The number of nitrogens with zero attached hydrogens (tertiary/aromatic N) is 1. The molecule has 2 amide bonds. The highest BCUT2D eigenvalue weighted by molar-refractivity contribution is 7.91. The Bertz CT molecular complexity index is 598. The van der Waals surface area contributed by atoms with Gasteiger partial charge in [-0.1, -0.05) is 11.6 Å². The fourth-order valence-electron chi connectivity index (χ4n) is 3.45. The Morgan fingerprint density at radius 1 is 1.33 bits per heavy atom. The third-order valence-electron chi connectivity index (χ3n) is 4.78. The van der Waals surface area contributed by atoms with Crippen molar-refractivity contribution in [2.45, 2.75) is 57.9 Å². The molecule has 6 nitrogen and oxygen atoms in total. The van der Waals surface area contributed by atoms with E-state index in [4.69, 9.17) is 0 Å². The van der Waals surface area contributed by atoms with Crippen molar-refractivity contribution in [3.8, 4) is 0 Å². The van der Waals surface area contributed by atoms with E-state index in [0.717, 1.165) is 19.3 Å². The monoisotopic (exact) mass is 356 g/mol. The van der Waals surface area contributed by atoms with Crippen LogP contribution in [-0.2, 0) is 19.4 Å². The van der Waals surface area contributed by atoms with Crippen molar-refractivity contribution in [3.05, 3.63) is 11.6 Å². The first-order valence-electron chi connectivity index (χ1n) is 8.86. The Balaban J connectivity index is 1.75. The first-order chi connectivity index (χ1) is 11.4. The minimum absolute atomic E-state index is 0.0162. The van der Waals surface area contributed by atoms with Gasteiger partial charge in [0.05, 0.1) is 11.5 Å². The van der Waals surface area contributed by atoms with E-state index >= 15 is 0 Å². The van der Waals surface area contributed by atoms with Gasteiger partial charge in [-0.3, -0.25) is 9.59 Å². The number of amides is 2. The molecule has 1 aliphatic heterocycles. The van der Waals surface area contributed by atoms with E-state index in [1.807, 2.05) is 6.92 Å². The molecule has 7 heteroatoms. The first kappa shape index (κ1) is 19.0. The molecule has 1 N–H and O–H groups in total. The zero-order chi connectivity index (χ0) is 17.6. The zero-order valence-electron chi connectivity index (χ0n) is 14.4. The largest absolute Gasteiger partial charge is 0.355 e. The smallest absolute Gasteiger partial charge is 0.232 e. The van der Waals surface area contributed by atoms with Crippen molar-refractivity contribution in [3.63, 3.8) is 0 Å². The summed E-state index contributed by atoms with van der Waals surface area (Å²) in [7, 11) is -3.04. The highest BCUT2D eigenvalue weighted by Gasteiger charge is 2.34. The molecule has 1 unspecified atom stereocenters. The SMILES string of the molecule is CCN(C(=O)CC(=O)NCCC1=CCCCC1)C1CCS(=O)(=O)C1. The summed E-state index contributed by atoms with van der Waals surface area (Å²) in [6.07, 6.45) is 8.05. The van der Waals surface area contributed by atoms with Crippen molar-refractivity contribution in [2.24, 2.45) is 0 Å². The summed E-state index contributed by atoms with van der Waals surface area (Å²) in [5.41, 5.74) is 1.39. The lowest BCUT2D eigenvalue weighted by Crippen LogP contribution is -2.43. The third kappa shape index (κ3) is 5.61. The van der Waals surface area contributed by atoms with Crippen LogP contribution in [0.3, 0.4) is 0 Å². The maximum absolute atomic E-state index is 12.3. The Kier molecular flexibility index (Phi) is 6.83. The highest BCUT2D eigenvalue weighted by Crippen LogP contribution is 2.20. The number of carbonyl (C=O) groups excluding carboxylic acids is 2. The lowest BCUT2D eigenvalue weighted by molar-refractivity contribution is -0.137. The van der Waals surface area contributed by atoms with E-state index in [0.29, 0.717) is 19.5 Å². The number of carbonyl (C=O) groups is 2. The fourth-order valence-corrected chi connectivity index (χ4v) is 5.19. The van der Waals surface area contributed by atoms with Gasteiger partial charge in [-0.2, -0.15) is 0 Å². The van der Waals surface area contributed by atoms with Crippen LogP contribution in [0.2, 0.25) is 0 Å². The molecule has 1 saturated heterocycles. The molecule has 1 heterocycles. The van der Waals surface area contributed by atoms with Gasteiger partial charge in [-0.25, -0.2) is 8.42 Å². The van der Waals surface area contributed by atoms with Gasteiger partial charge in [-0.05, 0) is 45.4 Å². The molecule has 0 spiro atoms. The summed E-state index contributed by atoms with van der Waals surface area (Å²) in [5.74, 6) is -0.421. The van der Waals surface area contributed by atoms with Crippen molar-refractivity contribution in [1.29, 1.82) is 0 Å². The Labute approximate surface area is 144 Å². The zero-order valence-corrected chi connectivity index (χ0v) is 15.2. The third-order valence-corrected chi connectivity index (χ3v) is 6.53. The van der Waals surface area contributed by atoms with Gasteiger partial charge >= 0.3 is 0 Å². The Morgan fingerprint density at radius 3 is 2.71 bits per heavy atom. The summed E-state index contributed by atoms with van der Waals surface area (Å²) in [6, 6.07) is -0.285. The molecule has 0 aromatic rings. The maximum Gasteiger partial charge on any atom is 0.232 e. The van der Waals surface area contributed by atoms with E-state index in [2.05, 4.69) is 11.4 Å². The molecular formula is C17H28N2O4S. The van der Waals surface area contributed by atoms with Crippen LogP contribution in [0, 0.1) is 0 Å². The van der Waals surface area contributed by atoms with E-state index in [1.165, 1.54) is 23.3 Å². The van der Waals surface area contributed by atoms with Crippen LogP contribution in [-0.4, -0.2) is 55.8 Å². The van der Waals surface area contributed by atoms with Gasteiger partial charge in [0.2, 0.25) is 11.8 Å². The lowest BCUT2D eigenvalue weighted by Gasteiger charge is -2.26. The van der Waals surface area contributed by atoms with E-state index < -0.39 is 9.84 Å². The van der Waals surface area contributed by atoms with Crippen molar-refractivity contribution in [1.82, 2.24) is 10.2 Å². The van der Waals surface area contributed by atoms with E-state index in [9.17, 15) is 18.0 Å². The van der Waals surface area contributed by atoms with E-state index in [1.54, 1.807) is 0 Å². The van der Waals surface area contributed by atoms with Crippen molar-refractivity contribution >= 4 is 21.7 Å². The van der Waals surface area contributed by atoms with Crippen LogP contribution in [0.25, 0.3) is 0 Å². The van der Waals surface area contributed by atoms with Gasteiger partial charge in [0.1, 0.15) is 6.42 Å². The second kappa shape index (κ2) is 8.65. The van der Waals surface area contributed by atoms with Crippen LogP contribution in [0.4, 0.5) is 0 Å². The molecule has 2 rings (SSSR count). The first-order valence-corrected chi connectivity index (χ1v) is 10.7. The maximum atomic E-state index is 12.3. The number of allylic oxidation sites excluding steroid dienone is 1. The molecule has 0 radical (unpaired) electrons. The Hall–Kier alpha value is -1.37. The quantitative estimate of drug-likeness (QED) is 0.552. The molecule has 1 atom stereocenters. The van der Waals surface area contributed by atoms with Gasteiger partial charge in [0.25, 0.3) is 0 Å². The molecule has 2 aliphatic rings. The summed E-state index contributed by atoms with van der Waals surface area (Å²) < 4.78 is 23.2. The molecule has 0 aromatic heterocycles. The summed E-state index contributed by atoms with van der Waals surface area (Å²) in [6.45, 7) is 2.80. The number of hydrogen-bond donors (Lipinski definition) is 1. The second-order valence-corrected chi connectivity index (χ2v) is 8.85. The average Bonchev–Trinajstić information content (AvgIpc) is 2.89. The second-order valence-electron chi connectivity index (χ2n) is 6.62. The van der Waals surface area contributed by atoms with Gasteiger partial charge < -0.3 is 10.2 Å². The summed E-state index contributed by atoms with van der Waals surface area (Å²) in [5, 5.41) is 2.80. The van der Waals surface area contributed by atoms with Crippen LogP contribution in [0.5, 0.6) is 0 Å². The highest BCUT2D eigenvalue weighted by atomic mass is 32.2. The fraction of sp³-hybridized carbons (Fsp3) is 0.765. The predicted molar refractivity (Wildman–Crippen MR) is 93.2 cm³/mol. The molecule has 0 saturated carbocycles. The molecule has 0 bridgehead atoms. The molecule has 24 heavy (non-hydrogen) atoms. The van der Waals surface area contributed by atoms with Crippen molar-refractivity contribution < 1.29 is 18.0 Å². The number of hydrogen-bond acceptors (Lipinski definition) is 4. The lowest BCUT2D eigenvalue weighted by atomic mass is 9.97. The number of rotatable bonds is 7. The number of nitrogens with one attached hydrogen (secondary N) is 1. The van der Waals surface area contributed by atoms with Crippen LogP contribution < -0.4 is 5.32 Å². The van der Waals surface area contributed by atoms with Crippen LogP contribution in [0.1, 0.15) is 51.9 Å². The Morgan fingerprint density at radius 2 is 2.12 bits per heavy atom. The predicted octanol–water partition coefficient (Wildman–Crippen LogP) is 1.42. The average molecular weight is 356 g/mol. The minimum atomic E-state index is -3.04. The molecule has 1 fully saturated rings. The summed E-state index contributed by atoms with van der Waals surface area (Å²) >= 11 is 0. The van der Waals surface area contributed by atoms with Gasteiger partial charge in [0, 0.05) is 19.1 Å². The van der Waals surface area contributed by atoms with Crippen molar-refractivity contribution in [2.75, 3.05) is 24.6 Å². The van der Waals surface area contributed by atoms with Crippen LogP contribution in [0.15, 0.2) is 11.6 Å². The minimum Gasteiger partial charge on any atom is -0.355 e. The van der Waals surface area contributed by atoms with E-state index in [-0.39, 0.29) is 35.8 Å². The van der Waals surface area contributed by atoms with Gasteiger partial charge in [0.15, 0.2) is 9.84 Å². The molecule has 1 aliphatic carbocycles. The standard InChI is InChI=1S/C17H28N2O4S/c1-2-19(15-9-11-24(22,23)13-15)17(21)12-16(20)18-10-8-14-6-4-3-5-7-14/h6,15H,2-5,7-13H2,1H3,(H,18,20). The normalized spacial score (nSPS) is 22.7. The van der Waals surface area contributed by atoms with Gasteiger partial charge in [-0.15, -0.1) is 0 Å². The number of sulfone groups is 1. The molecule has 0 aromatic carbocycles. The van der Waals surface area contributed by atoms with Crippen LogP contribution >= 0.6 is 0 Å². The summed E-state index contributed by atoms with van der Waals surface area (Å²) in [4.78, 5) is 25.8.